The van der Waals surface area contributed by atoms with Gasteiger partial charge in [-0.25, -0.2) is 4.79 Å². The van der Waals surface area contributed by atoms with Crippen molar-refractivity contribution in [3.8, 4) is 0 Å². The summed E-state index contributed by atoms with van der Waals surface area (Å²) >= 11 is 0. The van der Waals surface area contributed by atoms with Gasteiger partial charge in [-0.1, -0.05) is 19.3 Å². The van der Waals surface area contributed by atoms with Gasteiger partial charge in [0.1, 0.15) is 13.2 Å². The van der Waals surface area contributed by atoms with Gasteiger partial charge in [-0.3, -0.25) is 9.36 Å². The quantitative estimate of drug-likeness (QED) is 0.395. The van der Waals surface area contributed by atoms with Crippen LogP contribution in [0.15, 0.2) is 0 Å². The highest BCUT2D eigenvalue weighted by Gasteiger charge is 2.22. The molecular formula is C14H26NO6P. The van der Waals surface area contributed by atoms with Gasteiger partial charge in [-0.2, -0.15) is 0 Å². The van der Waals surface area contributed by atoms with Crippen LogP contribution in [0.2, 0.25) is 0 Å². The first-order valence-electron chi connectivity index (χ1n) is 7.80. The summed E-state index contributed by atoms with van der Waals surface area (Å²) in [5.74, 6) is -0.177. The number of hydrogen-bond acceptors (Lipinski definition) is 6. The van der Waals surface area contributed by atoms with Crippen molar-refractivity contribution in [3.05, 3.63) is 0 Å². The predicted molar refractivity (Wildman–Crippen MR) is 82.4 cm³/mol. The lowest BCUT2D eigenvalue weighted by Crippen LogP contribution is -2.28. The molecule has 0 aromatic heterocycles. The minimum atomic E-state index is -1.91. The molecule has 0 aromatic carbocycles. The maximum atomic E-state index is 11.7. The molecule has 1 N–H and O–H groups in total. The van der Waals surface area contributed by atoms with Crippen LogP contribution in [0, 0.1) is 5.92 Å². The molecule has 0 radical (unpaired) electrons. The molecule has 0 heterocycles. The van der Waals surface area contributed by atoms with E-state index in [0.717, 1.165) is 25.7 Å². The van der Waals surface area contributed by atoms with Crippen LogP contribution >= 0.6 is 8.03 Å². The van der Waals surface area contributed by atoms with E-state index in [1.54, 1.807) is 0 Å². The third-order valence-corrected chi connectivity index (χ3v) is 4.01. The van der Waals surface area contributed by atoms with E-state index in [-0.39, 0.29) is 25.1 Å². The summed E-state index contributed by atoms with van der Waals surface area (Å²) in [5, 5.41) is 2.54. The summed E-state index contributed by atoms with van der Waals surface area (Å²) in [4.78, 5) is 23.0. The van der Waals surface area contributed by atoms with Crippen LogP contribution in [-0.4, -0.2) is 45.1 Å². The molecule has 0 aromatic rings. The van der Waals surface area contributed by atoms with Crippen LogP contribution in [0.4, 0.5) is 4.79 Å². The summed E-state index contributed by atoms with van der Waals surface area (Å²) in [6, 6.07) is 0. The zero-order chi connectivity index (χ0) is 16.2. The molecule has 0 aliphatic heterocycles. The van der Waals surface area contributed by atoms with Gasteiger partial charge in [0.15, 0.2) is 8.03 Å². The molecule has 22 heavy (non-hydrogen) atoms. The van der Waals surface area contributed by atoms with Gasteiger partial charge in [0.2, 0.25) is 0 Å². The fourth-order valence-corrected chi connectivity index (χ4v) is 2.69. The number of nitrogens with one attached hydrogen (secondary N) is 1. The molecule has 0 bridgehead atoms. The molecule has 0 saturated heterocycles. The summed E-state index contributed by atoms with van der Waals surface area (Å²) < 4.78 is 25.6. The summed E-state index contributed by atoms with van der Waals surface area (Å²) in [5.41, 5.74) is 0. The molecule has 8 heteroatoms. The zero-order valence-electron chi connectivity index (χ0n) is 13.1. The SMILES string of the molecule is C[PH](=O)OCCCNC(=O)OCCOC(=O)C1CCCCC1. The van der Waals surface area contributed by atoms with Gasteiger partial charge >= 0.3 is 12.1 Å². The van der Waals surface area contributed by atoms with Crippen LogP contribution < -0.4 is 5.32 Å². The molecule has 0 spiro atoms. The van der Waals surface area contributed by atoms with E-state index in [1.165, 1.54) is 13.1 Å². The molecule has 7 nitrogen and oxygen atoms in total. The van der Waals surface area contributed by atoms with Crippen molar-refractivity contribution in [2.75, 3.05) is 33.0 Å². The second-order valence-corrected chi connectivity index (χ2v) is 6.53. The molecule has 1 rings (SSSR count). The van der Waals surface area contributed by atoms with Gasteiger partial charge in [0.05, 0.1) is 12.5 Å². The second kappa shape index (κ2) is 11.5. The van der Waals surface area contributed by atoms with Crippen LogP contribution in [0.25, 0.3) is 0 Å². The van der Waals surface area contributed by atoms with Gasteiger partial charge in [0, 0.05) is 13.2 Å². The first-order valence-corrected chi connectivity index (χ1v) is 9.62. The van der Waals surface area contributed by atoms with Gasteiger partial charge in [-0.05, 0) is 19.3 Å². The Balaban J connectivity index is 1.95. The summed E-state index contributed by atoms with van der Waals surface area (Å²) in [6.07, 6.45) is 5.14. The number of amides is 1. The highest BCUT2D eigenvalue weighted by molar-refractivity contribution is 7.38. The Morgan fingerprint density at radius 3 is 2.45 bits per heavy atom. The highest BCUT2D eigenvalue weighted by atomic mass is 31.1. The average Bonchev–Trinajstić information content (AvgIpc) is 2.51. The lowest BCUT2D eigenvalue weighted by atomic mass is 9.89. The second-order valence-electron chi connectivity index (χ2n) is 5.26. The topological polar surface area (TPSA) is 90.9 Å². The fraction of sp³-hybridized carbons (Fsp3) is 0.857. The Kier molecular flexibility index (Phi) is 9.91. The molecule has 1 amide bonds. The zero-order valence-corrected chi connectivity index (χ0v) is 14.1. The van der Waals surface area contributed by atoms with Gasteiger partial charge in [0.25, 0.3) is 0 Å². The Labute approximate surface area is 131 Å². The van der Waals surface area contributed by atoms with Crippen molar-refractivity contribution in [1.82, 2.24) is 5.32 Å². The van der Waals surface area contributed by atoms with E-state index in [0.29, 0.717) is 19.6 Å². The lowest BCUT2D eigenvalue weighted by molar-refractivity contribution is -0.150. The monoisotopic (exact) mass is 335 g/mol. The van der Waals surface area contributed by atoms with Crippen LogP contribution in [0.5, 0.6) is 0 Å². The van der Waals surface area contributed by atoms with Crippen molar-refractivity contribution in [1.29, 1.82) is 0 Å². The van der Waals surface area contributed by atoms with Crippen molar-refractivity contribution in [2.24, 2.45) is 5.92 Å². The first-order chi connectivity index (χ1) is 10.6. The van der Waals surface area contributed by atoms with E-state index in [2.05, 4.69) is 5.32 Å². The van der Waals surface area contributed by atoms with Crippen LogP contribution in [0.1, 0.15) is 38.5 Å². The Morgan fingerprint density at radius 2 is 1.77 bits per heavy atom. The Morgan fingerprint density at radius 1 is 1.09 bits per heavy atom. The minimum Gasteiger partial charge on any atom is -0.462 e. The molecule has 1 atom stereocenters. The maximum absolute atomic E-state index is 11.7. The minimum absolute atomic E-state index is 0.00795. The third-order valence-electron chi connectivity index (χ3n) is 3.40. The molecule has 1 aliphatic carbocycles. The average molecular weight is 335 g/mol. The third kappa shape index (κ3) is 9.05. The lowest BCUT2D eigenvalue weighted by Gasteiger charge is -2.19. The van der Waals surface area contributed by atoms with Crippen molar-refractivity contribution >= 4 is 20.1 Å². The summed E-state index contributed by atoms with van der Waals surface area (Å²) in [6.45, 7) is 2.37. The largest absolute Gasteiger partial charge is 0.462 e. The maximum Gasteiger partial charge on any atom is 0.407 e. The van der Waals surface area contributed by atoms with Crippen molar-refractivity contribution in [2.45, 2.75) is 38.5 Å². The Hall–Kier alpha value is -1.07. The van der Waals surface area contributed by atoms with Gasteiger partial charge < -0.3 is 19.3 Å². The van der Waals surface area contributed by atoms with E-state index in [4.69, 9.17) is 14.0 Å². The molecule has 1 fully saturated rings. The number of esters is 1. The van der Waals surface area contributed by atoms with Crippen LogP contribution in [0.3, 0.4) is 0 Å². The molecule has 1 unspecified atom stereocenters. The van der Waals surface area contributed by atoms with Crippen molar-refractivity contribution in [3.63, 3.8) is 0 Å². The normalized spacial score (nSPS) is 16.8. The van der Waals surface area contributed by atoms with Gasteiger partial charge in [-0.15, -0.1) is 0 Å². The standard InChI is InChI=1S/C14H26NO6P/c1-22(18)21-9-5-8-15-14(17)20-11-10-19-13(16)12-6-3-2-4-7-12/h12,22H,2-11H2,1H3,(H,15,17). The van der Waals surface area contributed by atoms with E-state index >= 15 is 0 Å². The van der Waals surface area contributed by atoms with E-state index in [1.807, 2.05) is 0 Å². The molecule has 128 valence electrons. The number of hydrogen-bond donors (Lipinski definition) is 1. The molecule has 1 aliphatic rings. The van der Waals surface area contributed by atoms with E-state index < -0.39 is 14.1 Å². The number of carbonyl (C=O) groups is 2. The molecule has 1 saturated carbocycles. The smallest absolute Gasteiger partial charge is 0.407 e. The van der Waals surface area contributed by atoms with E-state index in [9.17, 15) is 14.2 Å². The summed E-state index contributed by atoms with van der Waals surface area (Å²) in [7, 11) is -1.91. The molecular weight excluding hydrogens is 309 g/mol. The number of alkyl carbamates (subject to hydrolysis) is 1. The number of rotatable bonds is 9. The first kappa shape index (κ1) is 19.0. The van der Waals surface area contributed by atoms with Crippen molar-refractivity contribution < 1.29 is 28.2 Å². The Bertz CT molecular complexity index is 370. The number of carbonyl (C=O) groups excluding carboxylic acids is 2. The fourth-order valence-electron chi connectivity index (χ4n) is 2.26. The highest BCUT2D eigenvalue weighted by Crippen LogP contribution is 2.24. The predicted octanol–water partition coefficient (Wildman–Crippen LogP) is 2.35. The van der Waals surface area contributed by atoms with Crippen LogP contribution in [-0.2, 0) is 23.4 Å². The number of ether oxygens (including phenoxy) is 2.